The molecule has 7 heteroatoms. The maximum absolute atomic E-state index is 12.0. The van der Waals surface area contributed by atoms with E-state index in [1.165, 1.54) is 13.2 Å². The SMILES string of the molecule is COc1ccc(Cl)cc1NC(=O)C(=O)Nc1ccc(C)c(Br)c1. The van der Waals surface area contributed by atoms with Crippen LogP contribution in [-0.2, 0) is 9.59 Å². The second-order valence-corrected chi connectivity index (χ2v) is 6.01. The third-order valence-corrected chi connectivity index (χ3v) is 4.14. The van der Waals surface area contributed by atoms with Crippen LogP contribution in [0.15, 0.2) is 40.9 Å². The van der Waals surface area contributed by atoms with Crippen molar-refractivity contribution in [2.24, 2.45) is 0 Å². The molecule has 0 heterocycles. The molecule has 0 radical (unpaired) electrons. The second kappa shape index (κ2) is 7.48. The monoisotopic (exact) mass is 396 g/mol. The van der Waals surface area contributed by atoms with Crippen molar-refractivity contribution in [1.82, 2.24) is 0 Å². The van der Waals surface area contributed by atoms with Gasteiger partial charge in [-0.2, -0.15) is 0 Å². The summed E-state index contributed by atoms with van der Waals surface area (Å²) in [7, 11) is 1.46. The molecule has 5 nitrogen and oxygen atoms in total. The molecule has 2 amide bonds. The first kappa shape index (κ1) is 17.3. The fourth-order valence-corrected chi connectivity index (χ4v) is 2.37. The number of hydrogen-bond donors (Lipinski definition) is 2. The summed E-state index contributed by atoms with van der Waals surface area (Å²) >= 11 is 9.26. The van der Waals surface area contributed by atoms with Crippen LogP contribution in [0.25, 0.3) is 0 Å². The van der Waals surface area contributed by atoms with Gasteiger partial charge >= 0.3 is 11.8 Å². The van der Waals surface area contributed by atoms with Crippen LogP contribution < -0.4 is 15.4 Å². The molecule has 0 spiro atoms. The van der Waals surface area contributed by atoms with Gasteiger partial charge in [-0.15, -0.1) is 0 Å². The van der Waals surface area contributed by atoms with E-state index >= 15 is 0 Å². The molecular weight excluding hydrogens is 384 g/mol. The lowest BCUT2D eigenvalue weighted by Gasteiger charge is -2.11. The number of carbonyl (C=O) groups is 2. The normalized spacial score (nSPS) is 10.1. The van der Waals surface area contributed by atoms with Crippen LogP contribution in [0.1, 0.15) is 5.56 Å². The van der Waals surface area contributed by atoms with E-state index in [9.17, 15) is 9.59 Å². The third kappa shape index (κ3) is 4.46. The first-order chi connectivity index (χ1) is 10.9. The summed E-state index contributed by atoms with van der Waals surface area (Å²) in [5, 5.41) is 5.42. The Kier molecular flexibility index (Phi) is 5.63. The predicted octanol–water partition coefficient (Wildman–Crippen LogP) is 4.00. The van der Waals surface area contributed by atoms with Gasteiger partial charge in [0.2, 0.25) is 0 Å². The van der Waals surface area contributed by atoms with Crippen LogP contribution >= 0.6 is 27.5 Å². The highest BCUT2D eigenvalue weighted by molar-refractivity contribution is 9.10. The number of amides is 2. The number of anilines is 2. The molecule has 2 aromatic carbocycles. The van der Waals surface area contributed by atoms with Gasteiger partial charge in [0.15, 0.2) is 0 Å². The minimum Gasteiger partial charge on any atom is -0.495 e. The minimum atomic E-state index is -0.817. The van der Waals surface area contributed by atoms with Crippen molar-refractivity contribution in [1.29, 1.82) is 0 Å². The summed E-state index contributed by atoms with van der Waals surface area (Å²) in [5.74, 6) is -1.20. The predicted molar refractivity (Wildman–Crippen MR) is 94.1 cm³/mol. The van der Waals surface area contributed by atoms with Gasteiger partial charge in [-0.25, -0.2) is 0 Å². The number of carbonyl (C=O) groups excluding carboxylic acids is 2. The van der Waals surface area contributed by atoms with E-state index in [1.807, 2.05) is 13.0 Å². The molecule has 0 saturated carbocycles. The molecule has 23 heavy (non-hydrogen) atoms. The smallest absolute Gasteiger partial charge is 0.314 e. The molecule has 0 atom stereocenters. The van der Waals surface area contributed by atoms with Gasteiger partial charge in [-0.05, 0) is 42.8 Å². The highest BCUT2D eigenvalue weighted by atomic mass is 79.9. The Morgan fingerprint density at radius 2 is 1.78 bits per heavy atom. The van der Waals surface area contributed by atoms with Gasteiger partial charge < -0.3 is 15.4 Å². The molecule has 2 aromatic rings. The number of methoxy groups -OCH3 is 1. The van der Waals surface area contributed by atoms with E-state index in [-0.39, 0.29) is 0 Å². The highest BCUT2D eigenvalue weighted by Crippen LogP contribution is 2.27. The lowest BCUT2D eigenvalue weighted by atomic mass is 10.2. The van der Waals surface area contributed by atoms with Crippen molar-refractivity contribution in [3.05, 3.63) is 51.5 Å². The van der Waals surface area contributed by atoms with Crippen LogP contribution in [0, 0.1) is 6.92 Å². The fourth-order valence-electron chi connectivity index (χ4n) is 1.82. The third-order valence-electron chi connectivity index (χ3n) is 3.05. The van der Waals surface area contributed by atoms with E-state index in [0.717, 1.165) is 10.0 Å². The Labute approximate surface area is 147 Å². The van der Waals surface area contributed by atoms with E-state index in [2.05, 4.69) is 26.6 Å². The maximum Gasteiger partial charge on any atom is 0.314 e. The van der Waals surface area contributed by atoms with Crippen LogP contribution in [-0.4, -0.2) is 18.9 Å². The number of ether oxygens (including phenoxy) is 1. The van der Waals surface area contributed by atoms with Crippen LogP contribution in [0.4, 0.5) is 11.4 Å². The molecular formula is C16H14BrClN2O3. The van der Waals surface area contributed by atoms with Crippen LogP contribution in [0.5, 0.6) is 5.75 Å². The average Bonchev–Trinajstić information content (AvgIpc) is 2.51. The van der Waals surface area contributed by atoms with Crippen molar-refractivity contribution in [2.45, 2.75) is 6.92 Å². The topological polar surface area (TPSA) is 67.4 Å². The number of benzene rings is 2. The summed E-state index contributed by atoms with van der Waals surface area (Å²) < 4.78 is 5.96. The first-order valence-corrected chi connectivity index (χ1v) is 7.80. The van der Waals surface area contributed by atoms with E-state index < -0.39 is 11.8 Å². The van der Waals surface area contributed by atoms with Gasteiger partial charge in [0.1, 0.15) is 5.75 Å². The van der Waals surface area contributed by atoms with Gasteiger partial charge in [0.05, 0.1) is 12.8 Å². The van der Waals surface area contributed by atoms with Gasteiger partial charge in [0, 0.05) is 15.2 Å². The summed E-state index contributed by atoms with van der Waals surface area (Å²) in [6, 6.07) is 10.0. The summed E-state index contributed by atoms with van der Waals surface area (Å²) in [6.45, 7) is 1.92. The number of hydrogen-bond acceptors (Lipinski definition) is 3. The molecule has 0 aliphatic heterocycles. The lowest BCUT2D eigenvalue weighted by molar-refractivity contribution is -0.133. The van der Waals surface area contributed by atoms with Gasteiger partial charge in [-0.1, -0.05) is 33.6 Å². The van der Waals surface area contributed by atoms with Crippen molar-refractivity contribution in [3.8, 4) is 5.75 Å². The molecule has 2 N–H and O–H groups in total. The Hall–Kier alpha value is -2.05. The largest absolute Gasteiger partial charge is 0.495 e. The Balaban J connectivity index is 2.10. The lowest BCUT2D eigenvalue weighted by Crippen LogP contribution is -2.29. The average molecular weight is 398 g/mol. The minimum absolute atomic E-state index is 0.324. The van der Waals surface area contributed by atoms with Crippen LogP contribution in [0.3, 0.4) is 0 Å². The zero-order valence-corrected chi connectivity index (χ0v) is 14.8. The van der Waals surface area contributed by atoms with Crippen LogP contribution in [0.2, 0.25) is 5.02 Å². The molecule has 0 aliphatic carbocycles. The quantitative estimate of drug-likeness (QED) is 0.769. The molecule has 0 saturated heterocycles. The molecule has 0 fully saturated rings. The molecule has 0 aromatic heterocycles. The Bertz CT molecular complexity index is 765. The van der Waals surface area contributed by atoms with Crippen molar-refractivity contribution >= 4 is 50.7 Å². The molecule has 0 aliphatic rings. The number of rotatable bonds is 3. The molecule has 120 valence electrons. The highest BCUT2D eigenvalue weighted by Gasteiger charge is 2.16. The zero-order valence-electron chi connectivity index (χ0n) is 12.4. The number of nitrogens with one attached hydrogen (secondary N) is 2. The zero-order chi connectivity index (χ0) is 17.0. The summed E-state index contributed by atoms with van der Waals surface area (Å²) in [6.07, 6.45) is 0. The van der Waals surface area contributed by atoms with Crippen molar-refractivity contribution < 1.29 is 14.3 Å². The van der Waals surface area contributed by atoms with E-state index in [4.69, 9.17) is 16.3 Å². The molecule has 0 bridgehead atoms. The molecule has 2 rings (SSSR count). The number of halogens is 2. The fraction of sp³-hybridized carbons (Fsp3) is 0.125. The van der Waals surface area contributed by atoms with E-state index in [0.29, 0.717) is 22.1 Å². The van der Waals surface area contributed by atoms with E-state index in [1.54, 1.807) is 24.3 Å². The Morgan fingerprint density at radius 1 is 1.09 bits per heavy atom. The number of aryl methyl sites for hydroxylation is 1. The standard InChI is InChI=1S/C16H14BrClN2O3/c1-9-3-5-11(8-12(9)17)19-15(21)16(22)20-13-7-10(18)4-6-14(13)23-2/h3-8H,1-2H3,(H,19,21)(H,20,22). The first-order valence-electron chi connectivity index (χ1n) is 6.62. The van der Waals surface area contributed by atoms with Gasteiger partial charge in [-0.3, -0.25) is 9.59 Å². The maximum atomic E-state index is 12.0. The van der Waals surface area contributed by atoms with Crippen molar-refractivity contribution in [2.75, 3.05) is 17.7 Å². The van der Waals surface area contributed by atoms with Gasteiger partial charge in [0.25, 0.3) is 0 Å². The second-order valence-electron chi connectivity index (χ2n) is 4.72. The summed E-state index contributed by atoms with van der Waals surface area (Å²) in [5.41, 5.74) is 1.86. The summed E-state index contributed by atoms with van der Waals surface area (Å²) in [4.78, 5) is 24.0. The Morgan fingerprint density at radius 3 is 2.43 bits per heavy atom. The van der Waals surface area contributed by atoms with Crippen molar-refractivity contribution in [3.63, 3.8) is 0 Å². The molecule has 0 unspecified atom stereocenters.